The van der Waals surface area contributed by atoms with Crippen molar-refractivity contribution in [2.75, 3.05) is 5.32 Å². The largest absolute Gasteiger partial charge is 0.326 e. The van der Waals surface area contributed by atoms with E-state index in [0.717, 1.165) is 23.1 Å². The van der Waals surface area contributed by atoms with Crippen LogP contribution in [-0.2, 0) is 11.8 Å². The molecular formula is C19H23N5O. The Morgan fingerprint density at radius 2 is 1.84 bits per heavy atom. The number of nitrogens with one attached hydrogen (secondary N) is 1. The predicted octanol–water partition coefficient (Wildman–Crippen LogP) is 2.89. The summed E-state index contributed by atoms with van der Waals surface area (Å²) in [6.07, 6.45) is 6.45. The molecule has 6 rings (SSSR count). The standard InChI is InChI=1S/C19H23N5O/c1-24-18(21-22-23-24)13-3-2-4-16(10-13)20-19(25)17-14-6-11-5-12(8-14)9-15(17)7-11/h2-4,10-12,14-15,17H,5-9H2,1H3,(H,20,25). The molecule has 4 bridgehead atoms. The average molecular weight is 337 g/mol. The zero-order valence-electron chi connectivity index (χ0n) is 14.4. The first-order valence-corrected chi connectivity index (χ1v) is 9.31. The minimum Gasteiger partial charge on any atom is -0.326 e. The van der Waals surface area contributed by atoms with Gasteiger partial charge < -0.3 is 5.32 Å². The number of anilines is 1. The molecule has 4 fully saturated rings. The number of aromatic nitrogens is 4. The van der Waals surface area contributed by atoms with E-state index in [1.54, 1.807) is 4.68 Å². The van der Waals surface area contributed by atoms with Gasteiger partial charge in [0.15, 0.2) is 5.82 Å². The quantitative estimate of drug-likeness (QED) is 0.935. The molecule has 130 valence electrons. The van der Waals surface area contributed by atoms with Gasteiger partial charge in [0.1, 0.15) is 0 Å². The number of hydrogen-bond acceptors (Lipinski definition) is 4. The first kappa shape index (κ1) is 15.0. The van der Waals surface area contributed by atoms with Crippen molar-refractivity contribution >= 4 is 11.6 Å². The van der Waals surface area contributed by atoms with Gasteiger partial charge in [0.05, 0.1) is 0 Å². The van der Waals surface area contributed by atoms with Crippen molar-refractivity contribution < 1.29 is 4.79 Å². The Morgan fingerprint density at radius 1 is 1.12 bits per heavy atom. The van der Waals surface area contributed by atoms with Crippen molar-refractivity contribution in [1.82, 2.24) is 20.2 Å². The van der Waals surface area contributed by atoms with Gasteiger partial charge in [-0.05, 0) is 78.3 Å². The maximum Gasteiger partial charge on any atom is 0.228 e. The Kier molecular flexibility index (Phi) is 3.40. The van der Waals surface area contributed by atoms with Crippen LogP contribution in [0.15, 0.2) is 24.3 Å². The third-order valence-electron chi connectivity index (χ3n) is 6.54. The van der Waals surface area contributed by atoms with Gasteiger partial charge >= 0.3 is 0 Å². The molecular weight excluding hydrogens is 314 g/mol. The molecule has 0 saturated heterocycles. The molecule has 1 amide bonds. The minimum absolute atomic E-state index is 0.202. The highest BCUT2D eigenvalue weighted by atomic mass is 16.1. The summed E-state index contributed by atoms with van der Waals surface area (Å²) in [5, 5.41) is 14.8. The highest BCUT2D eigenvalue weighted by molar-refractivity contribution is 5.93. The van der Waals surface area contributed by atoms with Crippen LogP contribution in [0, 0.1) is 29.6 Å². The van der Waals surface area contributed by atoms with Gasteiger partial charge in [-0.1, -0.05) is 12.1 Å². The molecule has 0 unspecified atom stereocenters. The molecule has 0 aliphatic heterocycles. The summed E-state index contributed by atoms with van der Waals surface area (Å²) >= 11 is 0. The molecule has 0 spiro atoms. The molecule has 4 saturated carbocycles. The summed E-state index contributed by atoms with van der Waals surface area (Å²) in [6.45, 7) is 0. The van der Waals surface area contributed by atoms with Crippen LogP contribution in [0.3, 0.4) is 0 Å². The lowest BCUT2D eigenvalue weighted by Gasteiger charge is -2.53. The Labute approximate surface area is 147 Å². The maximum absolute atomic E-state index is 13.0. The molecule has 25 heavy (non-hydrogen) atoms. The van der Waals surface area contributed by atoms with E-state index in [4.69, 9.17) is 0 Å². The first-order chi connectivity index (χ1) is 12.2. The third-order valence-corrected chi connectivity index (χ3v) is 6.54. The van der Waals surface area contributed by atoms with E-state index in [9.17, 15) is 4.79 Å². The Morgan fingerprint density at radius 3 is 2.48 bits per heavy atom. The fourth-order valence-electron chi connectivity index (χ4n) is 5.79. The predicted molar refractivity (Wildman–Crippen MR) is 93.4 cm³/mol. The number of hydrogen-bond donors (Lipinski definition) is 1. The van der Waals surface area contributed by atoms with Crippen LogP contribution in [0.4, 0.5) is 5.69 Å². The van der Waals surface area contributed by atoms with Crippen LogP contribution >= 0.6 is 0 Å². The molecule has 4 aliphatic rings. The maximum atomic E-state index is 13.0. The number of amides is 1. The van der Waals surface area contributed by atoms with Gasteiger partial charge in [0.25, 0.3) is 0 Å². The summed E-state index contributed by atoms with van der Waals surface area (Å²) in [4.78, 5) is 13.0. The van der Waals surface area contributed by atoms with E-state index in [2.05, 4.69) is 20.8 Å². The number of rotatable bonds is 3. The summed E-state index contributed by atoms with van der Waals surface area (Å²) in [5.41, 5.74) is 1.75. The van der Waals surface area contributed by atoms with Gasteiger partial charge in [-0.15, -0.1) is 5.10 Å². The van der Waals surface area contributed by atoms with Crippen LogP contribution in [0.5, 0.6) is 0 Å². The minimum atomic E-state index is 0.202. The number of carbonyl (C=O) groups excluding carboxylic acids is 1. The molecule has 1 aromatic heterocycles. The second-order valence-electron chi connectivity index (χ2n) is 8.15. The molecule has 1 heterocycles. The summed E-state index contributed by atoms with van der Waals surface area (Å²) in [6, 6.07) is 7.81. The smallest absolute Gasteiger partial charge is 0.228 e. The van der Waals surface area contributed by atoms with Crippen molar-refractivity contribution in [3.05, 3.63) is 24.3 Å². The van der Waals surface area contributed by atoms with Crippen LogP contribution in [0.1, 0.15) is 32.1 Å². The van der Waals surface area contributed by atoms with E-state index in [-0.39, 0.29) is 11.8 Å². The van der Waals surface area contributed by atoms with Crippen LogP contribution < -0.4 is 5.32 Å². The van der Waals surface area contributed by atoms with Crippen LogP contribution in [0.25, 0.3) is 11.4 Å². The monoisotopic (exact) mass is 337 g/mol. The van der Waals surface area contributed by atoms with Crippen molar-refractivity contribution in [3.63, 3.8) is 0 Å². The Bertz CT molecular complexity index is 786. The second kappa shape index (κ2) is 5.64. The van der Waals surface area contributed by atoms with Crippen molar-refractivity contribution in [3.8, 4) is 11.4 Å². The summed E-state index contributed by atoms with van der Waals surface area (Å²) < 4.78 is 1.64. The lowest BCUT2D eigenvalue weighted by atomic mass is 9.51. The Hall–Kier alpha value is -2.24. The van der Waals surface area contributed by atoms with Gasteiger partial charge in [-0.3, -0.25) is 4.79 Å². The number of carbonyl (C=O) groups is 1. The highest BCUT2D eigenvalue weighted by Crippen LogP contribution is 2.56. The molecule has 1 aromatic carbocycles. The van der Waals surface area contributed by atoms with Crippen molar-refractivity contribution in [2.24, 2.45) is 36.6 Å². The molecule has 1 N–H and O–H groups in total. The molecule has 0 radical (unpaired) electrons. The zero-order chi connectivity index (χ0) is 17.0. The number of aryl methyl sites for hydroxylation is 1. The normalized spacial score (nSPS) is 32.8. The average Bonchev–Trinajstić information content (AvgIpc) is 3.00. The SMILES string of the molecule is Cn1nnnc1-c1cccc(NC(=O)C2C3CC4CC(C3)CC2C4)c1. The highest BCUT2D eigenvalue weighted by Gasteiger charge is 2.50. The number of tetrazole rings is 1. The van der Waals surface area contributed by atoms with E-state index >= 15 is 0 Å². The number of nitrogens with zero attached hydrogens (tertiary/aromatic N) is 4. The Balaban J connectivity index is 1.36. The summed E-state index contributed by atoms with van der Waals surface area (Å²) in [7, 11) is 1.81. The fraction of sp³-hybridized carbons (Fsp3) is 0.579. The van der Waals surface area contributed by atoms with E-state index in [1.165, 1.54) is 32.1 Å². The molecule has 2 aromatic rings. The van der Waals surface area contributed by atoms with Gasteiger partial charge in [-0.2, -0.15) is 0 Å². The fourth-order valence-corrected chi connectivity index (χ4v) is 5.79. The van der Waals surface area contributed by atoms with Gasteiger partial charge in [-0.25, -0.2) is 4.68 Å². The molecule has 4 aliphatic carbocycles. The lowest BCUT2D eigenvalue weighted by molar-refractivity contribution is -0.132. The van der Waals surface area contributed by atoms with E-state index in [0.29, 0.717) is 17.7 Å². The first-order valence-electron chi connectivity index (χ1n) is 9.31. The second-order valence-corrected chi connectivity index (χ2v) is 8.15. The van der Waals surface area contributed by atoms with Crippen molar-refractivity contribution in [1.29, 1.82) is 0 Å². The lowest BCUT2D eigenvalue weighted by Crippen LogP contribution is -2.49. The molecule has 6 heteroatoms. The van der Waals surface area contributed by atoms with Crippen LogP contribution in [0.2, 0.25) is 0 Å². The van der Waals surface area contributed by atoms with Crippen molar-refractivity contribution in [2.45, 2.75) is 32.1 Å². The van der Waals surface area contributed by atoms with E-state index < -0.39 is 0 Å². The zero-order valence-corrected chi connectivity index (χ0v) is 14.4. The molecule has 6 nitrogen and oxygen atoms in total. The van der Waals surface area contributed by atoms with Gasteiger partial charge in [0, 0.05) is 24.2 Å². The summed E-state index contributed by atoms with van der Waals surface area (Å²) in [5.74, 6) is 4.09. The topological polar surface area (TPSA) is 72.7 Å². The van der Waals surface area contributed by atoms with Gasteiger partial charge in [0.2, 0.25) is 5.91 Å². The van der Waals surface area contributed by atoms with E-state index in [1.807, 2.05) is 31.3 Å². The van der Waals surface area contributed by atoms with Crippen LogP contribution in [-0.4, -0.2) is 26.1 Å². The third kappa shape index (κ3) is 2.55. The molecule has 0 atom stereocenters. The number of benzene rings is 1.